The Balaban J connectivity index is 1.42. The fraction of sp³-hybridized carbons (Fsp3) is 0.118. The smallest absolute Gasteiger partial charge is 0.115 e. The molecular formula is C34H32N2O4. The van der Waals surface area contributed by atoms with Crippen LogP contribution in [0, 0.1) is 0 Å². The topological polar surface area (TPSA) is 87.4 Å². The highest BCUT2D eigenvalue weighted by Crippen LogP contribution is 2.28. The molecule has 0 aromatic heterocycles. The number of hydrogen-bond donors (Lipinski definition) is 4. The van der Waals surface area contributed by atoms with E-state index in [4.69, 9.17) is 0 Å². The molecular weight excluding hydrogens is 500 g/mol. The molecule has 0 heterocycles. The number of rotatable bonds is 10. The van der Waals surface area contributed by atoms with Crippen LogP contribution < -0.4 is 9.80 Å². The Kier molecular flexibility index (Phi) is 8.07. The van der Waals surface area contributed by atoms with E-state index in [9.17, 15) is 20.4 Å². The summed E-state index contributed by atoms with van der Waals surface area (Å²) in [5.74, 6) is 0.946. The first kappa shape index (κ1) is 26.5. The van der Waals surface area contributed by atoms with Gasteiger partial charge in [-0.05, 0) is 95.1 Å². The second kappa shape index (κ2) is 12.2. The predicted molar refractivity (Wildman–Crippen MR) is 159 cm³/mol. The van der Waals surface area contributed by atoms with Crippen LogP contribution in [0.1, 0.15) is 22.3 Å². The van der Waals surface area contributed by atoms with Crippen molar-refractivity contribution in [3.05, 3.63) is 144 Å². The Morgan fingerprint density at radius 2 is 0.500 bits per heavy atom. The van der Waals surface area contributed by atoms with Crippen LogP contribution in [0.5, 0.6) is 23.0 Å². The average Bonchev–Trinajstić information content (AvgIpc) is 2.97. The van der Waals surface area contributed by atoms with Crippen molar-refractivity contribution < 1.29 is 20.4 Å². The summed E-state index contributed by atoms with van der Waals surface area (Å²) in [6.07, 6.45) is 0. The monoisotopic (exact) mass is 532 g/mol. The van der Waals surface area contributed by atoms with Crippen LogP contribution in [0.2, 0.25) is 0 Å². The quantitative estimate of drug-likeness (QED) is 0.156. The van der Waals surface area contributed by atoms with E-state index in [-0.39, 0.29) is 23.0 Å². The van der Waals surface area contributed by atoms with Gasteiger partial charge in [-0.15, -0.1) is 0 Å². The number of benzene rings is 5. The van der Waals surface area contributed by atoms with Crippen LogP contribution >= 0.6 is 0 Å². The van der Waals surface area contributed by atoms with Crippen LogP contribution in [-0.2, 0) is 26.2 Å². The van der Waals surface area contributed by atoms with Crippen molar-refractivity contribution in [2.45, 2.75) is 26.2 Å². The molecule has 5 rings (SSSR count). The van der Waals surface area contributed by atoms with Crippen molar-refractivity contribution >= 4 is 11.4 Å². The summed E-state index contributed by atoms with van der Waals surface area (Å²) in [4.78, 5) is 4.51. The van der Waals surface area contributed by atoms with E-state index >= 15 is 0 Å². The average molecular weight is 533 g/mol. The first-order valence-corrected chi connectivity index (χ1v) is 13.1. The molecule has 0 saturated carbocycles. The van der Waals surface area contributed by atoms with Crippen LogP contribution in [-0.4, -0.2) is 20.4 Å². The minimum absolute atomic E-state index is 0.237. The largest absolute Gasteiger partial charge is 0.508 e. The molecule has 0 radical (unpaired) electrons. The van der Waals surface area contributed by atoms with E-state index in [0.717, 1.165) is 33.6 Å². The maximum atomic E-state index is 9.72. The number of hydrogen-bond acceptors (Lipinski definition) is 6. The van der Waals surface area contributed by atoms with Gasteiger partial charge in [-0.25, -0.2) is 0 Å². The molecule has 5 aromatic carbocycles. The van der Waals surface area contributed by atoms with Gasteiger partial charge in [0.1, 0.15) is 23.0 Å². The van der Waals surface area contributed by atoms with Crippen molar-refractivity contribution in [3.63, 3.8) is 0 Å². The summed E-state index contributed by atoms with van der Waals surface area (Å²) in [5, 5.41) is 38.9. The minimum Gasteiger partial charge on any atom is -0.508 e. The maximum Gasteiger partial charge on any atom is 0.115 e. The van der Waals surface area contributed by atoms with Gasteiger partial charge in [-0.3, -0.25) is 0 Å². The Morgan fingerprint density at radius 1 is 0.300 bits per heavy atom. The number of anilines is 2. The van der Waals surface area contributed by atoms with Crippen LogP contribution in [0.4, 0.5) is 11.4 Å². The van der Waals surface area contributed by atoms with Crippen LogP contribution in [0.3, 0.4) is 0 Å². The Morgan fingerprint density at radius 3 is 0.700 bits per heavy atom. The van der Waals surface area contributed by atoms with E-state index in [1.165, 1.54) is 0 Å². The van der Waals surface area contributed by atoms with E-state index in [0.29, 0.717) is 26.2 Å². The highest BCUT2D eigenvalue weighted by atomic mass is 16.3. The SMILES string of the molecule is Oc1ccc(CN(Cc2ccc(O)cc2)c2ccc(N(Cc3ccc(O)cc3)Cc3ccc(O)cc3)cc2)cc1. The first-order valence-electron chi connectivity index (χ1n) is 13.1. The molecule has 5 aromatic rings. The van der Waals surface area contributed by atoms with Crippen molar-refractivity contribution in [3.8, 4) is 23.0 Å². The second-order valence-electron chi connectivity index (χ2n) is 9.89. The lowest BCUT2D eigenvalue weighted by Crippen LogP contribution is -2.23. The summed E-state index contributed by atoms with van der Waals surface area (Å²) in [7, 11) is 0. The Labute approximate surface area is 234 Å². The molecule has 40 heavy (non-hydrogen) atoms. The lowest BCUT2D eigenvalue weighted by Gasteiger charge is -2.28. The van der Waals surface area contributed by atoms with Gasteiger partial charge in [0, 0.05) is 37.6 Å². The second-order valence-corrected chi connectivity index (χ2v) is 9.89. The molecule has 4 N–H and O–H groups in total. The fourth-order valence-electron chi connectivity index (χ4n) is 4.64. The molecule has 0 bridgehead atoms. The number of phenols is 4. The fourth-order valence-corrected chi connectivity index (χ4v) is 4.64. The molecule has 0 spiro atoms. The molecule has 0 atom stereocenters. The molecule has 0 fully saturated rings. The highest BCUT2D eigenvalue weighted by molar-refractivity contribution is 5.57. The molecule has 202 valence electrons. The van der Waals surface area contributed by atoms with Crippen LogP contribution in [0.25, 0.3) is 0 Å². The zero-order chi connectivity index (χ0) is 27.9. The van der Waals surface area contributed by atoms with Gasteiger partial charge < -0.3 is 30.2 Å². The Bertz CT molecular complexity index is 1290. The molecule has 0 saturated heterocycles. The summed E-state index contributed by atoms with van der Waals surface area (Å²) in [5.41, 5.74) is 6.37. The van der Waals surface area contributed by atoms with Gasteiger partial charge in [0.15, 0.2) is 0 Å². The van der Waals surface area contributed by atoms with Gasteiger partial charge in [0.25, 0.3) is 0 Å². The first-order chi connectivity index (χ1) is 19.4. The van der Waals surface area contributed by atoms with Gasteiger partial charge in [-0.2, -0.15) is 0 Å². The standard InChI is InChI=1S/C34H32N2O4/c37-31-13-1-25(2-14-31)21-35(22-26-3-15-32(38)16-4-26)29-9-11-30(12-10-29)36(23-27-5-17-33(39)18-6-27)24-28-7-19-34(40)20-8-28/h1-20,37-40H,21-24H2. The number of phenolic OH excluding ortho intramolecular Hbond substituents is 4. The molecule has 6 heteroatoms. The molecule has 0 unspecified atom stereocenters. The van der Waals surface area contributed by atoms with E-state index in [1.807, 2.05) is 48.5 Å². The van der Waals surface area contributed by atoms with E-state index < -0.39 is 0 Å². The molecule has 6 nitrogen and oxygen atoms in total. The van der Waals surface area contributed by atoms with Crippen molar-refractivity contribution in [1.82, 2.24) is 0 Å². The van der Waals surface area contributed by atoms with Gasteiger partial charge in [0.05, 0.1) is 0 Å². The zero-order valence-electron chi connectivity index (χ0n) is 22.1. The maximum absolute atomic E-state index is 9.72. The minimum atomic E-state index is 0.237. The van der Waals surface area contributed by atoms with Crippen molar-refractivity contribution in [1.29, 1.82) is 0 Å². The third-order valence-electron chi connectivity index (χ3n) is 6.82. The molecule has 0 aliphatic heterocycles. The number of nitrogens with zero attached hydrogens (tertiary/aromatic N) is 2. The summed E-state index contributed by atoms with van der Waals surface area (Å²) < 4.78 is 0. The van der Waals surface area contributed by atoms with E-state index in [1.54, 1.807) is 48.5 Å². The molecule has 0 amide bonds. The molecule has 0 aliphatic rings. The third kappa shape index (κ3) is 7.05. The number of aromatic hydroxyl groups is 4. The lowest BCUT2D eigenvalue weighted by atomic mass is 10.1. The van der Waals surface area contributed by atoms with Crippen molar-refractivity contribution in [2.75, 3.05) is 9.80 Å². The van der Waals surface area contributed by atoms with Crippen LogP contribution in [0.15, 0.2) is 121 Å². The van der Waals surface area contributed by atoms with Gasteiger partial charge in [-0.1, -0.05) is 48.5 Å². The Hall–Kier alpha value is -5.10. The summed E-state index contributed by atoms with van der Waals surface area (Å²) >= 11 is 0. The summed E-state index contributed by atoms with van der Waals surface area (Å²) in [6, 6.07) is 37.4. The van der Waals surface area contributed by atoms with Gasteiger partial charge in [0.2, 0.25) is 0 Å². The lowest BCUT2D eigenvalue weighted by molar-refractivity contribution is 0.474. The van der Waals surface area contributed by atoms with E-state index in [2.05, 4.69) is 34.1 Å². The van der Waals surface area contributed by atoms with Gasteiger partial charge >= 0.3 is 0 Å². The molecule has 0 aliphatic carbocycles. The van der Waals surface area contributed by atoms with Crippen molar-refractivity contribution in [2.24, 2.45) is 0 Å². The normalized spacial score (nSPS) is 10.8. The zero-order valence-corrected chi connectivity index (χ0v) is 22.1. The summed E-state index contributed by atoms with van der Waals surface area (Å²) in [6.45, 7) is 2.58. The third-order valence-corrected chi connectivity index (χ3v) is 6.82. The predicted octanol–water partition coefficient (Wildman–Crippen LogP) is 6.92. The highest BCUT2D eigenvalue weighted by Gasteiger charge is 2.13.